The number of nitrogens with zero attached hydrogens (tertiary/aromatic N) is 3. The summed E-state index contributed by atoms with van der Waals surface area (Å²) in [5.41, 5.74) is -0.620. The van der Waals surface area contributed by atoms with E-state index in [9.17, 15) is 14.4 Å². The Morgan fingerprint density at radius 3 is 2.47 bits per heavy atom. The summed E-state index contributed by atoms with van der Waals surface area (Å²) in [7, 11) is 2.97. The number of rotatable bonds is 0. The molecule has 1 aromatic rings. The Bertz CT molecular complexity index is 599. The summed E-state index contributed by atoms with van der Waals surface area (Å²) in [6, 6.07) is 0. The third-order valence-corrected chi connectivity index (χ3v) is 2.92. The molecule has 2 heterocycles. The highest BCUT2D eigenvalue weighted by Gasteiger charge is 2.26. The number of carbonyl (C=O) groups excluding carboxylic acids is 1. The highest BCUT2D eigenvalue weighted by molar-refractivity contribution is 5.95. The second-order valence-corrected chi connectivity index (χ2v) is 4.00. The van der Waals surface area contributed by atoms with Gasteiger partial charge in [-0.15, -0.1) is 0 Å². The molecule has 0 saturated carbocycles. The van der Waals surface area contributed by atoms with Crippen molar-refractivity contribution in [3.63, 3.8) is 0 Å². The Kier molecular flexibility index (Phi) is 2.53. The van der Waals surface area contributed by atoms with Crippen molar-refractivity contribution in [3.8, 4) is 0 Å². The summed E-state index contributed by atoms with van der Waals surface area (Å²) < 4.78 is 2.34. The summed E-state index contributed by atoms with van der Waals surface area (Å²) in [4.78, 5) is 36.6. The second kappa shape index (κ2) is 3.76. The number of anilines is 2. The predicted molar refractivity (Wildman–Crippen MR) is 63.4 cm³/mol. The molecule has 0 spiro atoms. The van der Waals surface area contributed by atoms with Gasteiger partial charge in [0, 0.05) is 34.1 Å². The number of nitrogens with one attached hydrogen (secondary N) is 1. The van der Waals surface area contributed by atoms with E-state index in [1.807, 2.05) is 0 Å². The van der Waals surface area contributed by atoms with Crippen LogP contribution in [-0.2, 0) is 18.9 Å². The summed E-state index contributed by atoms with van der Waals surface area (Å²) >= 11 is 0. The fraction of sp³-hybridized carbons (Fsp3) is 0.500. The zero-order valence-electron chi connectivity index (χ0n) is 9.98. The fourth-order valence-electron chi connectivity index (χ4n) is 1.98. The molecule has 1 aromatic heterocycles. The molecule has 0 unspecified atom stereocenters. The maximum absolute atomic E-state index is 12.0. The quantitative estimate of drug-likeness (QED) is 0.620. The Balaban J connectivity index is 2.83. The third-order valence-electron chi connectivity index (χ3n) is 2.92. The lowest BCUT2D eigenvalue weighted by Gasteiger charge is -2.29. The van der Waals surface area contributed by atoms with Crippen LogP contribution in [-0.4, -0.2) is 28.1 Å². The van der Waals surface area contributed by atoms with E-state index in [0.717, 1.165) is 4.57 Å². The van der Waals surface area contributed by atoms with Crippen LogP contribution in [0.2, 0.25) is 0 Å². The largest absolute Gasteiger partial charge is 0.368 e. The van der Waals surface area contributed by atoms with Crippen molar-refractivity contribution < 1.29 is 4.79 Å². The van der Waals surface area contributed by atoms with Gasteiger partial charge in [-0.3, -0.25) is 18.7 Å². The average molecular weight is 238 g/mol. The van der Waals surface area contributed by atoms with Gasteiger partial charge in [-0.1, -0.05) is 0 Å². The molecule has 0 atom stereocenters. The summed E-state index contributed by atoms with van der Waals surface area (Å²) in [5.74, 6) is 0.197. The Morgan fingerprint density at radius 1 is 1.24 bits per heavy atom. The maximum Gasteiger partial charge on any atom is 0.332 e. The predicted octanol–water partition coefficient (Wildman–Crippen LogP) is -1.14. The smallest absolute Gasteiger partial charge is 0.332 e. The lowest BCUT2D eigenvalue weighted by atomic mass is 10.3. The van der Waals surface area contributed by atoms with Crippen LogP contribution in [0.15, 0.2) is 9.59 Å². The Morgan fingerprint density at radius 2 is 1.88 bits per heavy atom. The van der Waals surface area contributed by atoms with Gasteiger partial charge < -0.3 is 10.2 Å². The first kappa shape index (κ1) is 11.4. The normalized spacial score (nSPS) is 14.2. The number of aromatic nitrogens is 2. The zero-order chi connectivity index (χ0) is 12.7. The lowest BCUT2D eigenvalue weighted by molar-refractivity contribution is -0.116. The zero-order valence-corrected chi connectivity index (χ0v) is 9.98. The van der Waals surface area contributed by atoms with Gasteiger partial charge in [0.25, 0.3) is 5.56 Å². The van der Waals surface area contributed by atoms with Gasteiger partial charge in [0.05, 0.1) is 0 Å². The molecule has 7 heteroatoms. The van der Waals surface area contributed by atoms with E-state index in [0.29, 0.717) is 18.9 Å². The minimum Gasteiger partial charge on any atom is -0.368 e. The van der Waals surface area contributed by atoms with Gasteiger partial charge in [0.1, 0.15) is 5.82 Å². The summed E-state index contributed by atoms with van der Waals surface area (Å²) in [5, 5.41) is 2.98. The number of carbonyl (C=O) groups is 1. The Hall–Kier alpha value is -2.05. The first-order valence-electron chi connectivity index (χ1n) is 5.27. The standard InChI is InChI=1S/C10H14N4O3/c1-6(15)14-5-4-11-8-7(14)9(16)13(3)10(17)12(8)2/h11H,4-5H2,1-3H3. The van der Waals surface area contributed by atoms with Gasteiger partial charge in [-0.25, -0.2) is 4.79 Å². The fourth-order valence-corrected chi connectivity index (χ4v) is 1.98. The molecule has 17 heavy (non-hydrogen) atoms. The van der Waals surface area contributed by atoms with Crippen LogP contribution in [0.4, 0.5) is 11.5 Å². The number of hydrogen-bond donors (Lipinski definition) is 1. The SMILES string of the molecule is CC(=O)N1CCNc2c1c(=O)n(C)c(=O)n2C. The molecule has 1 N–H and O–H groups in total. The molecule has 1 aliphatic heterocycles. The molecule has 0 aromatic carbocycles. The third kappa shape index (κ3) is 1.54. The van der Waals surface area contributed by atoms with Crippen LogP contribution < -0.4 is 21.5 Å². The molecule has 92 valence electrons. The van der Waals surface area contributed by atoms with Crippen molar-refractivity contribution in [1.29, 1.82) is 0 Å². The van der Waals surface area contributed by atoms with Crippen LogP contribution in [0.5, 0.6) is 0 Å². The van der Waals surface area contributed by atoms with Crippen molar-refractivity contribution in [3.05, 3.63) is 20.8 Å². The molecule has 0 aliphatic carbocycles. The van der Waals surface area contributed by atoms with Crippen molar-refractivity contribution in [2.75, 3.05) is 23.3 Å². The van der Waals surface area contributed by atoms with Crippen LogP contribution in [0.25, 0.3) is 0 Å². The van der Waals surface area contributed by atoms with E-state index < -0.39 is 11.2 Å². The highest BCUT2D eigenvalue weighted by atomic mass is 16.2. The van der Waals surface area contributed by atoms with E-state index >= 15 is 0 Å². The molecule has 0 saturated heterocycles. The molecular formula is C10H14N4O3. The molecule has 1 amide bonds. The molecule has 0 fully saturated rings. The van der Waals surface area contributed by atoms with Crippen molar-refractivity contribution >= 4 is 17.4 Å². The maximum atomic E-state index is 12.0. The van der Waals surface area contributed by atoms with E-state index in [-0.39, 0.29) is 11.6 Å². The van der Waals surface area contributed by atoms with Crippen LogP contribution >= 0.6 is 0 Å². The van der Waals surface area contributed by atoms with E-state index in [4.69, 9.17) is 0 Å². The molecule has 2 rings (SSSR count). The monoisotopic (exact) mass is 238 g/mol. The van der Waals surface area contributed by atoms with E-state index in [2.05, 4.69) is 5.32 Å². The van der Waals surface area contributed by atoms with E-state index in [1.54, 1.807) is 7.05 Å². The van der Waals surface area contributed by atoms with Crippen LogP contribution in [0.3, 0.4) is 0 Å². The minimum absolute atomic E-state index is 0.205. The second-order valence-electron chi connectivity index (χ2n) is 4.00. The van der Waals surface area contributed by atoms with E-state index in [1.165, 1.54) is 23.4 Å². The van der Waals surface area contributed by atoms with Gasteiger partial charge in [0.15, 0.2) is 5.69 Å². The molecular weight excluding hydrogens is 224 g/mol. The van der Waals surface area contributed by atoms with Gasteiger partial charge in [-0.2, -0.15) is 0 Å². The van der Waals surface area contributed by atoms with Crippen LogP contribution in [0.1, 0.15) is 6.92 Å². The lowest BCUT2D eigenvalue weighted by Crippen LogP contribution is -2.48. The first-order chi connectivity index (χ1) is 7.95. The number of fused-ring (bicyclic) bond motifs is 1. The topological polar surface area (TPSA) is 76.3 Å². The summed E-state index contributed by atoms with van der Waals surface area (Å²) in [6.07, 6.45) is 0. The van der Waals surface area contributed by atoms with Gasteiger partial charge >= 0.3 is 5.69 Å². The van der Waals surface area contributed by atoms with Crippen molar-refractivity contribution in [1.82, 2.24) is 9.13 Å². The van der Waals surface area contributed by atoms with Crippen molar-refractivity contribution in [2.24, 2.45) is 14.1 Å². The minimum atomic E-state index is -0.453. The first-order valence-corrected chi connectivity index (χ1v) is 5.27. The average Bonchev–Trinajstić information content (AvgIpc) is 2.32. The van der Waals surface area contributed by atoms with Crippen molar-refractivity contribution in [2.45, 2.75) is 6.92 Å². The van der Waals surface area contributed by atoms with Gasteiger partial charge in [0.2, 0.25) is 5.91 Å². The van der Waals surface area contributed by atoms with Gasteiger partial charge in [-0.05, 0) is 0 Å². The highest BCUT2D eigenvalue weighted by Crippen LogP contribution is 2.22. The summed E-state index contributed by atoms with van der Waals surface area (Å²) in [6.45, 7) is 2.35. The number of hydrogen-bond acceptors (Lipinski definition) is 4. The number of amides is 1. The molecule has 1 aliphatic rings. The molecule has 0 bridgehead atoms. The molecule has 7 nitrogen and oxygen atoms in total. The van der Waals surface area contributed by atoms with Crippen LogP contribution in [0, 0.1) is 0 Å². The Labute approximate surface area is 97.3 Å². The molecule has 0 radical (unpaired) electrons.